The van der Waals surface area contributed by atoms with Crippen molar-refractivity contribution in [3.63, 3.8) is 0 Å². The first-order valence-electron chi connectivity index (χ1n) is 7.28. The van der Waals surface area contributed by atoms with Crippen LogP contribution in [0, 0.1) is 0 Å². The van der Waals surface area contributed by atoms with Gasteiger partial charge in [0.2, 0.25) is 0 Å². The van der Waals surface area contributed by atoms with E-state index < -0.39 is 12.1 Å². The topological polar surface area (TPSA) is 84.7 Å². The summed E-state index contributed by atoms with van der Waals surface area (Å²) in [7, 11) is 0. The number of hydrogen-bond acceptors (Lipinski definition) is 5. The van der Waals surface area contributed by atoms with Crippen LogP contribution in [-0.4, -0.2) is 46.7 Å². The first-order valence-corrected chi connectivity index (χ1v) is 7.28. The van der Waals surface area contributed by atoms with Crippen molar-refractivity contribution in [3.8, 4) is 0 Å². The van der Waals surface area contributed by atoms with E-state index in [-0.39, 0.29) is 18.5 Å². The second-order valence-corrected chi connectivity index (χ2v) is 5.04. The first-order chi connectivity index (χ1) is 10.1. The summed E-state index contributed by atoms with van der Waals surface area (Å²) in [5, 5.41) is 13.1. The Morgan fingerprint density at radius 3 is 2.76 bits per heavy atom. The number of anilines is 1. The predicted octanol–water partition coefficient (Wildman–Crippen LogP) is 0.723. The zero-order chi connectivity index (χ0) is 15.2. The van der Waals surface area contributed by atoms with Gasteiger partial charge in [-0.05, 0) is 19.8 Å². The summed E-state index contributed by atoms with van der Waals surface area (Å²) < 4.78 is 6.41. The van der Waals surface area contributed by atoms with Crippen LogP contribution in [-0.2, 0) is 16.1 Å². The second-order valence-electron chi connectivity index (χ2n) is 5.04. The van der Waals surface area contributed by atoms with Gasteiger partial charge in [0.05, 0.1) is 11.9 Å². The van der Waals surface area contributed by atoms with E-state index in [0.29, 0.717) is 6.61 Å². The van der Waals surface area contributed by atoms with E-state index in [1.807, 2.05) is 0 Å². The van der Waals surface area contributed by atoms with Crippen LogP contribution in [0.2, 0.25) is 0 Å². The van der Waals surface area contributed by atoms with Gasteiger partial charge in [-0.15, -0.1) is 0 Å². The fraction of sp³-hybridized carbons (Fsp3) is 0.643. The second kappa shape index (κ2) is 7.21. The molecule has 116 valence electrons. The molecule has 1 saturated heterocycles. The number of carboxylic acids is 1. The zero-order valence-electron chi connectivity index (χ0n) is 12.2. The molecule has 21 heavy (non-hydrogen) atoms. The van der Waals surface area contributed by atoms with Gasteiger partial charge in [0.25, 0.3) is 5.56 Å². The summed E-state index contributed by atoms with van der Waals surface area (Å²) >= 11 is 0. The van der Waals surface area contributed by atoms with Crippen molar-refractivity contribution in [1.29, 1.82) is 0 Å². The Kier molecular flexibility index (Phi) is 5.32. The number of nitrogens with zero attached hydrogens (tertiary/aromatic N) is 3. The molecule has 7 nitrogen and oxygen atoms in total. The van der Waals surface area contributed by atoms with Crippen LogP contribution in [0.5, 0.6) is 0 Å². The van der Waals surface area contributed by atoms with Gasteiger partial charge in [-0.1, -0.05) is 0 Å². The third-order valence-corrected chi connectivity index (χ3v) is 3.57. The molecule has 2 heterocycles. The number of carboxylic acid groups (broad SMARTS) is 1. The molecule has 0 aromatic carbocycles. The van der Waals surface area contributed by atoms with E-state index >= 15 is 0 Å². The Balaban J connectivity index is 2.00. The Morgan fingerprint density at radius 1 is 1.48 bits per heavy atom. The van der Waals surface area contributed by atoms with Crippen LogP contribution in [0.25, 0.3) is 0 Å². The highest BCUT2D eigenvalue weighted by Gasteiger charge is 2.18. The van der Waals surface area contributed by atoms with Crippen LogP contribution in [0.4, 0.5) is 5.69 Å². The number of hydrogen-bond donors (Lipinski definition) is 1. The standard InChI is InChI=1S/C14H21N3O4/c1-2-21-12(14(19)20)5-8-17-13(18)9-11(10-15-17)16-6-3-4-7-16/h9-10,12H,2-8H2,1H3,(H,19,20). The molecule has 7 heteroatoms. The van der Waals surface area contributed by atoms with Crippen LogP contribution < -0.4 is 10.5 Å². The maximum Gasteiger partial charge on any atom is 0.332 e. The van der Waals surface area contributed by atoms with Crippen molar-refractivity contribution in [2.24, 2.45) is 0 Å². The predicted molar refractivity (Wildman–Crippen MR) is 77.6 cm³/mol. The minimum atomic E-state index is -1.02. The number of carbonyl (C=O) groups is 1. The molecule has 1 N–H and O–H groups in total. The van der Waals surface area contributed by atoms with Crippen molar-refractivity contribution < 1.29 is 14.6 Å². The van der Waals surface area contributed by atoms with E-state index in [1.165, 1.54) is 4.68 Å². The molecule has 1 aromatic heterocycles. The van der Waals surface area contributed by atoms with E-state index in [1.54, 1.807) is 19.2 Å². The average Bonchev–Trinajstić information content (AvgIpc) is 2.98. The molecule has 0 bridgehead atoms. The van der Waals surface area contributed by atoms with Gasteiger partial charge in [-0.2, -0.15) is 5.10 Å². The van der Waals surface area contributed by atoms with Gasteiger partial charge < -0.3 is 14.7 Å². The van der Waals surface area contributed by atoms with Crippen molar-refractivity contribution in [2.45, 2.75) is 38.8 Å². The molecule has 0 amide bonds. The fourth-order valence-corrected chi connectivity index (χ4v) is 2.46. The first kappa shape index (κ1) is 15.5. The van der Waals surface area contributed by atoms with E-state index in [0.717, 1.165) is 31.6 Å². The Morgan fingerprint density at radius 2 is 2.19 bits per heavy atom. The third kappa shape index (κ3) is 4.04. The monoisotopic (exact) mass is 295 g/mol. The zero-order valence-corrected chi connectivity index (χ0v) is 12.2. The average molecular weight is 295 g/mol. The molecule has 0 aliphatic carbocycles. The van der Waals surface area contributed by atoms with Gasteiger partial charge in [0.15, 0.2) is 6.10 Å². The van der Waals surface area contributed by atoms with Crippen molar-refractivity contribution in [1.82, 2.24) is 9.78 Å². The molecule has 1 aliphatic rings. The Labute approximate surface area is 123 Å². The lowest BCUT2D eigenvalue weighted by molar-refractivity contribution is -0.150. The number of aromatic nitrogens is 2. The Hall–Kier alpha value is -1.89. The molecule has 1 atom stereocenters. The van der Waals surface area contributed by atoms with Gasteiger partial charge in [0.1, 0.15) is 0 Å². The maximum atomic E-state index is 12.0. The van der Waals surface area contributed by atoms with Gasteiger partial charge in [-0.25, -0.2) is 9.48 Å². The van der Waals surface area contributed by atoms with Gasteiger partial charge >= 0.3 is 5.97 Å². The van der Waals surface area contributed by atoms with Crippen LogP contribution >= 0.6 is 0 Å². The number of aryl methyl sites for hydroxylation is 1. The highest BCUT2D eigenvalue weighted by molar-refractivity contribution is 5.72. The molecule has 1 aliphatic heterocycles. The van der Waals surface area contributed by atoms with Crippen molar-refractivity contribution in [2.75, 3.05) is 24.6 Å². The summed E-state index contributed by atoms with van der Waals surface area (Å²) in [5.41, 5.74) is 0.633. The van der Waals surface area contributed by atoms with Crippen LogP contribution in [0.15, 0.2) is 17.1 Å². The highest BCUT2D eigenvalue weighted by Crippen LogP contribution is 2.16. The molecule has 0 saturated carbocycles. The summed E-state index contributed by atoms with van der Waals surface area (Å²) in [4.78, 5) is 25.1. The molecule has 1 aromatic rings. The molecule has 0 spiro atoms. The SMILES string of the molecule is CCOC(CCn1ncc(N2CCCC2)cc1=O)C(=O)O. The number of aliphatic carboxylic acids is 1. The minimum absolute atomic E-state index is 0.208. The van der Waals surface area contributed by atoms with Gasteiger partial charge in [0, 0.05) is 38.7 Å². The molecule has 1 unspecified atom stereocenters. The van der Waals surface area contributed by atoms with Crippen LogP contribution in [0.3, 0.4) is 0 Å². The van der Waals surface area contributed by atoms with Gasteiger partial charge in [-0.3, -0.25) is 4.79 Å². The fourth-order valence-electron chi connectivity index (χ4n) is 2.46. The third-order valence-electron chi connectivity index (χ3n) is 3.57. The molecule has 0 radical (unpaired) electrons. The summed E-state index contributed by atoms with van der Waals surface area (Å²) in [6.45, 7) is 4.21. The van der Waals surface area contributed by atoms with E-state index in [2.05, 4.69) is 10.00 Å². The molecule has 1 fully saturated rings. The van der Waals surface area contributed by atoms with E-state index in [9.17, 15) is 9.59 Å². The summed E-state index contributed by atoms with van der Waals surface area (Å²) in [6, 6.07) is 1.56. The normalized spacial score (nSPS) is 16.1. The molecule has 2 rings (SSSR count). The van der Waals surface area contributed by atoms with E-state index in [4.69, 9.17) is 9.84 Å². The minimum Gasteiger partial charge on any atom is -0.479 e. The summed E-state index contributed by atoms with van der Waals surface area (Å²) in [5.74, 6) is -1.02. The molecular formula is C14H21N3O4. The maximum absolute atomic E-state index is 12.0. The lowest BCUT2D eigenvalue weighted by atomic mass is 10.2. The van der Waals surface area contributed by atoms with Crippen molar-refractivity contribution >= 4 is 11.7 Å². The smallest absolute Gasteiger partial charge is 0.332 e. The molecular weight excluding hydrogens is 274 g/mol. The van der Waals surface area contributed by atoms with Crippen molar-refractivity contribution in [3.05, 3.63) is 22.6 Å². The quantitative estimate of drug-likeness (QED) is 0.798. The lowest BCUT2D eigenvalue weighted by Crippen LogP contribution is -2.30. The number of ether oxygens (including phenoxy) is 1. The Bertz CT molecular complexity index is 537. The van der Waals surface area contributed by atoms with Crippen LogP contribution in [0.1, 0.15) is 26.2 Å². The summed E-state index contributed by atoms with van der Waals surface area (Å²) in [6.07, 6.45) is 3.26. The number of rotatable bonds is 7. The largest absolute Gasteiger partial charge is 0.479 e. The lowest BCUT2D eigenvalue weighted by Gasteiger charge is -2.17. The highest BCUT2D eigenvalue weighted by atomic mass is 16.5.